The number of aromatic amines is 5. The van der Waals surface area contributed by atoms with E-state index in [0.29, 0.717) is 5.92 Å². The van der Waals surface area contributed by atoms with E-state index in [0.717, 1.165) is 6.42 Å². The van der Waals surface area contributed by atoms with Gasteiger partial charge in [-0.1, -0.05) is 106 Å². The highest BCUT2D eigenvalue weighted by molar-refractivity contribution is 5.77. The van der Waals surface area contributed by atoms with Crippen LogP contribution in [-0.2, 0) is 91.0 Å². The topological polar surface area (TPSA) is 126 Å². The van der Waals surface area contributed by atoms with Crippen molar-refractivity contribution in [1.29, 1.82) is 0 Å². The highest BCUT2D eigenvalue weighted by Gasteiger charge is 2.30. The molecule has 16 rings (SSSR count). The molecular formula is C111H149N17+12. The maximum absolute atomic E-state index is 3.40. The van der Waals surface area contributed by atoms with Crippen LogP contribution in [0.4, 0.5) is 0 Å². The molecule has 0 saturated carbocycles. The molecule has 0 atom stereocenters. The van der Waals surface area contributed by atoms with Gasteiger partial charge in [-0.2, -0.15) is 57.5 Å². The number of rotatable bonds is 12. The number of hydrogen-bond acceptors (Lipinski definition) is 0. The van der Waals surface area contributed by atoms with Gasteiger partial charge in [-0.05, 0) is 244 Å². The fourth-order valence-electron chi connectivity index (χ4n) is 18.2. The Balaban J connectivity index is 0.000000179. The quantitative estimate of drug-likeness (QED) is 0.0748. The summed E-state index contributed by atoms with van der Waals surface area (Å²) >= 11 is 0. The van der Waals surface area contributed by atoms with E-state index in [1.54, 1.807) is 0 Å². The van der Waals surface area contributed by atoms with Gasteiger partial charge in [0.25, 0.3) is 39.9 Å². The molecule has 4 aromatic carbocycles. The summed E-state index contributed by atoms with van der Waals surface area (Å²) in [6, 6.07) is 62.0. The lowest BCUT2D eigenvalue weighted by molar-refractivity contribution is -0.744. The molecule has 5 N–H and O–H groups in total. The van der Waals surface area contributed by atoms with Gasteiger partial charge in [-0.15, -0.1) is 23.4 Å². The first kappa shape index (κ1) is 98.8. The number of hydrogen-bond donors (Lipinski definition) is 5. The van der Waals surface area contributed by atoms with E-state index < -0.39 is 0 Å². The third-order valence-electron chi connectivity index (χ3n) is 23.5. The molecule has 12 heterocycles. The smallest absolute Gasteiger partial charge is 0.196 e. The number of nitrogens with one attached hydrogen (secondary N) is 5. The van der Waals surface area contributed by atoms with Gasteiger partial charge < -0.3 is 0 Å². The number of benzene rings is 4. The zero-order valence-corrected chi connectivity index (χ0v) is 82.9. The summed E-state index contributed by atoms with van der Waals surface area (Å²) in [4.78, 5) is 0. The van der Waals surface area contributed by atoms with E-state index in [2.05, 4.69) is 469 Å². The van der Waals surface area contributed by atoms with Crippen molar-refractivity contribution in [2.75, 3.05) is 0 Å². The third kappa shape index (κ3) is 23.8. The van der Waals surface area contributed by atoms with Gasteiger partial charge >= 0.3 is 28.5 Å². The Morgan fingerprint density at radius 2 is 0.484 bits per heavy atom. The second-order valence-electron chi connectivity index (χ2n) is 35.7. The summed E-state index contributed by atoms with van der Waals surface area (Å²) in [5, 5.41) is 16.4. The van der Waals surface area contributed by atoms with E-state index in [1.807, 2.05) is 62.1 Å². The maximum Gasteiger partial charge on any atom is 0.304 e. The molecule has 0 aliphatic rings. The van der Waals surface area contributed by atoms with Gasteiger partial charge in [0.2, 0.25) is 0 Å². The Morgan fingerprint density at radius 3 is 0.766 bits per heavy atom. The fourth-order valence-corrected chi connectivity index (χ4v) is 18.2. The SMILES string of the molecule is C.CC.Cc1cc(-c2cc(C)[nH][n+]2C)[n+](C)[nH]1.Cc1cc(-c2cc(CC(C)C)[nH][n+]2C)[n+](C)[nH]1.Cc1cc(-c2cccc[n+]2C)[n+](C)[nH]1.Cc1cc(C)c(-c2cc[n+](C)c(-c3cc(-c4c(C)cc(C)cc4C)cc[n+]3C)c2)c(C)c1.Cc1cc(C)c(-c2ccc(-c3ccc(-c4c(C)cc(C)cc4C)c[n+]3C)[n+](C)c2)c(C)c1.Cc1cc[n+](C)c(-c2cc(C)cc[n+]2C)c1. The molecular weight excluding hydrogens is 1570 g/mol. The van der Waals surface area contributed by atoms with Crippen LogP contribution in [-0.4, -0.2) is 25.5 Å². The number of aryl methyl sites for hydroxylation is 30. The third-order valence-corrected chi connectivity index (χ3v) is 23.5. The van der Waals surface area contributed by atoms with Crippen LogP contribution in [0.5, 0.6) is 0 Å². The van der Waals surface area contributed by atoms with E-state index >= 15 is 0 Å². The van der Waals surface area contributed by atoms with Crippen molar-refractivity contribution in [1.82, 2.24) is 25.5 Å². The highest BCUT2D eigenvalue weighted by Crippen LogP contribution is 2.35. The molecule has 17 nitrogen and oxygen atoms in total. The molecule has 16 aromatic rings. The maximum atomic E-state index is 3.40. The lowest BCUT2D eigenvalue weighted by atomic mass is 9.92. The van der Waals surface area contributed by atoms with Crippen molar-refractivity contribution in [3.8, 4) is 113 Å². The van der Waals surface area contributed by atoms with Crippen LogP contribution in [0.15, 0.2) is 213 Å². The van der Waals surface area contributed by atoms with Crippen molar-refractivity contribution in [2.45, 2.75) is 166 Å². The van der Waals surface area contributed by atoms with Crippen LogP contribution < -0.4 is 55.4 Å². The normalized spacial score (nSPS) is 10.8. The number of H-pyrrole nitrogens is 5. The standard InChI is InChI=1S/2C30H34N2.C14H18N2.C13H20N4.C11H14N3.C10H14N4.C2H6.CH4/c1-19-13-21(3)29(22(4)14-19)25-9-11-31(7)27(17-25)28-18-26(10-12-32(28)8)30-23(5)15-20(2)16-24(30)6;1-19-13-21(3)29(22(4)14-19)25-9-11-27(31(7)17-25)28-12-10-26(18-32(28)8)30-23(5)15-20(2)16-24(30)6;1-11-5-7-15(3)13(9-11)14-10-12(2)6-8-16(14)4;1-9(2)6-11-8-13(17(5)15-11)12-7-10(3)14-16(12)4;1-9-8-11(14(3)12-9)10-6-4-5-7-13(10)2;1-7-5-9(13(3)11-7)10-6-8(2)12-14(10)4;1-2;/h2*9-18H,1-8H3;5-10H,1-4H3;7-9H,6H2,1-5H3;4-8H,1-3H3;5-6H,1-4H3;1-2H3;1H4/q3*+2;;+1;;;/p+5. The Bertz CT molecular complexity index is 6220. The van der Waals surface area contributed by atoms with Gasteiger partial charge in [0, 0.05) is 114 Å². The molecule has 17 heteroatoms. The minimum Gasteiger partial charge on any atom is -0.196 e. The van der Waals surface area contributed by atoms with Crippen molar-refractivity contribution < 1.29 is 55.4 Å². The molecule has 0 amide bonds. The van der Waals surface area contributed by atoms with Crippen LogP contribution in [0.25, 0.3) is 113 Å². The van der Waals surface area contributed by atoms with Crippen LogP contribution in [0, 0.1) is 131 Å². The average Bonchev–Trinajstić information content (AvgIpc) is 1.48. The predicted molar refractivity (Wildman–Crippen MR) is 521 cm³/mol. The predicted octanol–water partition coefficient (Wildman–Crippen LogP) is 17.7. The molecule has 128 heavy (non-hydrogen) atoms. The largest absolute Gasteiger partial charge is 0.304 e. The summed E-state index contributed by atoms with van der Waals surface area (Å²) in [6.45, 7) is 47.3. The Kier molecular flexibility index (Phi) is 33.2. The minimum atomic E-state index is 0. The summed E-state index contributed by atoms with van der Waals surface area (Å²) in [5.41, 5.74) is 49.3. The second-order valence-corrected chi connectivity index (χ2v) is 35.7. The van der Waals surface area contributed by atoms with E-state index in [9.17, 15) is 0 Å². The van der Waals surface area contributed by atoms with Gasteiger partial charge in [-0.3, -0.25) is 0 Å². The van der Waals surface area contributed by atoms with E-state index in [-0.39, 0.29) is 7.43 Å². The Morgan fingerprint density at radius 1 is 0.227 bits per heavy atom. The first-order valence-corrected chi connectivity index (χ1v) is 44.6. The minimum absolute atomic E-state index is 0. The number of aromatic nitrogens is 17. The molecule has 0 saturated heterocycles. The molecule has 0 fully saturated rings. The zero-order valence-electron chi connectivity index (χ0n) is 82.9. The summed E-state index contributed by atoms with van der Waals surface area (Å²) in [5.74, 6) is 0.670. The van der Waals surface area contributed by atoms with Crippen LogP contribution >= 0.6 is 0 Å². The number of pyridine rings is 7. The highest BCUT2D eigenvalue weighted by atomic mass is 15.3. The summed E-state index contributed by atoms with van der Waals surface area (Å²) in [6.07, 6.45) is 16.2. The number of nitrogens with zero attached hydrogens (tertiary/aromatic N) is 12. The summed E-state index contributed by atoms with van der Waals surface area (Å²) < 4.78 is 25.6. The zero-order chi connectivity index (χ0) is 93.0. The molecule has 12 aromatic heterocycles. The molecule has 0 spiro atoms. The van der Waals surface area contributed by atoms with Crippen LogP contribution in [0.2, 0.25) is 0 Å². The lowest BCUT2D eigenvalue weighted by Gasteiger charge is -2.13. The molecule has 0 aliphatic heterocycles. The second kappa shape index (κ2) is 43.0. The molecule has 0 bridgehead atoms. The molecule has 666 valence electrons. The Labute approximate surface area is 765 Å². The van der Waals surface area contributed by atoms with Crippen molar-refractivity contribution >= 4 is 0 Å². The molecule has 0 unspecified atom stereocenters. The average molecular weight is 1720 g/mol. The van der Waals surface area contributed by atoms with Crippen LogP contribution in [0.1, 0.15) is 141 Å². The molecule has 0 radical (unpaired) electrons. The van der Waals surface area contributed by atoms with E-state index in [1.165, 1.54) is 219 Å². The van der Waals surface area contributed by atoms with Gasteiger partial charge in [0.05, 0.1) is 28.5 Å². The van der Waals surface area contributed by atoms with Gasteiger partial charge in [0.1, 0.15) is 49.3 Å². The monoisotopic (exact) mass is 1720 g/mol. The van der Waals surface area contributed by atoms with Crippen molar-refractivity contribution in [3.63, 3.8) is 0 Å². The van der Waals surface area contributed by atoms with Gasteiger partial charge in [0.15, 0.2) is 78.6 Å². The molecule has 0 aliphatic carbocycles. The van der Waals surface area contributed by atoms with E-state index in [4.69, 9.17) is 0 Å². The first-order chi connectivity index (χ1) is 60.1. The Hall–Kier alpha value is -13.0. The fraction of sp³-hybridized carbons (Fsp3) is 0.333. The van der Waals surface area contributed by atoms with Gasteiger partial charge in [-0.25, -0.2) is 0 Å². The van der Waals surface area contributed by atoms with Crippen molar-refractivity contribution in [2.24, 2.45) is 90.5 Å². The van der Waals surface area contributed by atoms with Crippen LogP contribution in [0.3, 0.4) is 0 Å². The summed E-state index contributed by atoms with van der Waals surface area (Å²) in [7, 11) is 24.9. The lowest BCUT2D eigenvalue weighted by Crippen LogP contribution is -2.39. The van der Waals surface area contributed by atoms with Crippen molar-refractivity contribution in [3.05, 3.63) is 320 Å². The first-order valence-electron chi connectivity index (χ1n) is 44.6.